The van der Waals surface area contributed by atoms with Crippen molar-refractivity contribution >= 4 is 23.2 Å². The van der Waals surface area contributed by atoms with E-state index in [1.807, 2.05) is 17.9 Å². The zero-order valence-corrected chi connectivity index (χ0v) is 14.9. The van der Waals surface area contributed by atoms with Crippen LogP contribution in [0.4, 0.5) is 0 Å². The number of amides is 2. The molecular formula is C18H26N2O2S. The molecule has 0 saturated carbocycles. The van der Waals surface area contributed by atoms with E-state index in [9.17, 15) is 9.59 Å². The summed E-state index contributed by atoms with van der Waals surface area (Å²) in [5, 5.41) is 2.92. The van der Waals surface area contributed by atoms with Crippen LogP contribution in [0.5, 0.6) is 0 Å². The fourth-order valence-corrected chi connectivity index (χ4v) is 4.72. The van der Waals surface area contributed by atoms with Crippen LogP contribution in [-0.4, -0.2) is 36.3 Å². The molecule has 1 N–H and O–H groups in total. The molecule has 0 bridgehead atoms. The number of nitrogens with one attached hydrogen (secondary N) is 1. The monoisotopic (exact) mass is 334 g/mol. The van der Waals surface area contributed by atoms with E-state index >= 15 is 0 Å². The lowest BCUT2D eigenvalue weighted by molar-refractivity contribution is -0.125. The van der Waals surface area contributed by atoms with Gasteiger partial charge >= 0.3 is 0 Å². The van der Waals surface area contributed by atoms with E-state index in [2.05, 4.69) is 12.2 Å². The molecule has 2 amide bonds. The first kappa shape index (κ1) is 16.5. The number of likely N-dealkylation sites (tertiary alicyclic amines) is 1. The molecule has 0 spiro atoms. The van der Waals surface area contributed by atoms with Crippen LogP contribution in [0.15, 0.2) is 6.07 Å². The first-order valence-electron chi connectivity index (χ1n) is 8.77. The Labute approximate surface area is 142 Å². The summed E-state index contributed by atoms with van der Waals surface area (Å²) >= 11 is 1.64. The van der Waals surface area contributed by atoms with Gasteiger partial charge in [-0.2, -0.15) is 0 Å². The molecular weight excluding hydrogens is 308 g/mol. The second kappa shape index (κ2) is 7.04. The predicted molar refractivity (Wildman–Crippen MR) is 92.8 cm³/mol. The number of fused-ring (bicyclic) bond motifs is 1. The Morgan fingerprint density at radius 1 is 1.30 bits per heavy atom. The molecule has 1 aromatic rings. The van der Waals surface area contributed by atoms with Gasteiger partial charge in [-0.1, -0.05) is 6.92 Å². The molecule has 1 atom stereocenters. The highest BCUT2D eigenvalue weighted by Crippen LogP contribution is 2.33. The molecule has 2 aliphatic rings. The highest BCUT2D eigenvalue weighted by molar-refractivity contribution is 7.14. The molecule has 126 valence electrons. The second-order valence-electron chi connectivity index (χ2n) is 6.87. The lowest BCUT2D eigenvalue weighted by Crippen LogP contribution is -2.37. The number of hydrogen-bond acceptors (Lipinski definition) is 3. The van der Waals surface area contributed by atoms with E-state index in [0.717, 1.165) is 56.0 Å². The van der Waals surface area contributed by atoms with Gasteiger partial charge in [0.25, 0.3) is 5.91 Å². The van der Waals surface area contributed by atoms with Crippen molar-refractivity contribution in [3.8, 4) is 0 Å². The number of nitrogens with zero attached hydrogens (tertiary/aromatic N) is 1. The smallest absolute Gasteiger partial charge is 0.263 e. The highest BCUT2D eigenvalue weighted by Gasteiger charge is 2.29. The van der Waals surface area contributed by atoms with Gasteiger partial charge in [0.15, 0.2) is 0 Å². The summed E-state index contributed by atoms with van der Waals surface area (Å²) in [5.41, 5.74) is 1.21. The van der Waals surface area contributed by atoms with E-state index in [1.54, 1.807) is 11.3 Å². The maximum atomic E-state index is 12.7. The summed E-state index contributed by atoms with van der Waals surface area (Å²) in [4.78, 5) is 28.9. The first-order chi connectivity index (χ1) is 11.1. The Kier molecular flexibility index (Phi) is 5.05. The van der Waals surface area contributed by atoms with Crippen LogP contribution in [0.1, 0.15) is 53.2 Å². The van der Waals surface area contributed by atoms with E-state index in [0.29, 0.717) is 6.54 Å². The standard InChI is InChI=1S/C18H26N2O2S/c1-3-19-17(21)13-4-5-15-14(10-13)11-16(23-15)18(22)20-8-6-12(2)7-9-20/h11-13H,3-10H2,1-2H3,(H,19,21)/t13-/m1/s1. The molecule has 2 heterocycles. The van der Waals surface area contributed by atoms with Crippen LogP contribution in [0, 0.1) is 11.8 Å². The van der Waals surface area contributed by atoms with Gasteiger partial charge in [-0.15, -0.1) is 11.3 Å². The molecule has 1 fully saturated rings. The first-order valence-corrected chi connectivity index (χ1v) is 9.58. The van der Waals surface area contributed by atoms with Gasteiger partial charge in [-0.3, -0.25) is 9.59 Å². The van der Waals surface area contributed by atoms with Crippen LogP contribution < -0.4 is 5.32 Å². The quantitative estimate of drug-likeness (QED) is 0.924. The zero-order valence-electron chi connectivity index (χ0n) is 14.1. The van der Waals surface area contributed by atoms with Crippen molar-refractivity contribution in [2.45, 2.75) is 46.0 Å². The Bertz CT molecular complexity index is 588. The number of rotatable bonds is 3. The van der Waals surface area contributed by atoms with Crippen molar-refractivity contribution < 1.29 is 9.59 Å². The molecule has 23 heavy (non-hydrogen) atoms. The normalized spacial score (nSPS) is 21.8. The van der Waals surface area contributed by atoms with Crippen LogP contribution in [0.3, 0.4) is 0 Å². The average molecular weight is 334 g/mol. The Morgan fingerprint density at radius 3 is 2.74 bits per heavy atom. The number of carbonyl (C=O) groups is 2. The topological polar surface area (TPSA) is 49.4 Å². The number of thiophene rings is 1. The molecule has 3 rings (SSSR count). The van der Waals surface area contributed by atoms with Crippen molar-refractivity contribution in [2.24, 2.45) is 11.8 Å². The lowest BCUT2D eigenvalue weighted by atomic mass is 9.87. The fraction of sp³-hybridized carbons (Fsp3) is 0.667. The number of aryl methyl sites for hydroxylation is 1. The van der Waals surface area contributed by atoms with E-state index < -0.39 is 0 Å². The van der Waals surface area contributed by atoms with Gasteiger partial charge in [0.1, 0.15) is 0 Å². The molecule has 0 unspecified atom stereocenters. The van der Waals surface area contributed by atoms with Crippen LogP contribution >= 0.6 is 11.3 Å². The van der Waals surface area contributed by atoms with Crippen molar-refractivity contribution in [2.75, 3.05) is 19.6 Å². The Morgan fingerprint density at radius 2 is 2.04 bits per heavy atom. The summed E-state index contributed by atoms with van der Waals surface area (Å²) in [7, 11) is 0. The summed E-state index contributed by atoms with van der Waals surface area (Å²) in [5.74, 6) is 1.14. The molecule has 1 saturated heterocycles. The van der Waals surface area contributed by atoms with Gasteiger partial charge in [-0.25, -0.2) is 0 Å². The molecule has 5 heteroatoms. The van der Waals surface area contributed by atoms with Crippen LogP contribution in [0.25, 0.3) is 0 Å². The molecule has 1 aromatic heterocycles. The van der Waals surface area contributed by atoms with Crippen molar-refractivity contribution in [3.05, 3.63) is 21.4 Å². The van der Waals surface area contributed by atoms with E-state index in [-0.39, 0.29) is 17.7 Å². The van der Waals surface area contributed by atoms with Crippen molar-refractivity contribution in [1.82, 2.24) is 10.2 Å². The van der Waals surface area contributed by atoms with Crippen molar-refractivity contribution in [3.63, 3.8) is 0 Å². The highest BCUT2D eigenvalue weighted by atomic mass is 32.1. The number of piperidine rings is 1. The maximum Gasteiger partial charge on any atom is 0.263 e. The molecule has 1 aliphatic carbocycles. The summed E-state index contributed by atoms with van der Waals surface area (Å²) in [6.45, 7) is 6.65. The van der Waals surface area contributed by atoms with Crippen LogP contribution in [-0.2, 0) is 17.6 Å². The third-order valence-electron chi connectivity index (χ3n) is 5.09. The van der Waals surface area contributed by atoms with Gasteiger partial charge in [0.05, 0.1) is 4.88 Å². The van der Waals surface area contributed by atoms with Gasteiger partial charge in [-0.05, 0) is 56.6 Å². The SMILES string of the molecule is CCNC(=O)[C@@H]1CCc2sc(C(=O)N3CCC(C)CC3)cc2C1. The largest absolute Gasteiger partial charge is 0.356 e. The fourth-order valence-electron chi connectivity index (χ4n) is 3.54. The predicted octanol–water partition coefficient (Wildman–Crippen LogP) is 2.86. The van der Waals surface area contributed by atoms with Gasteiger partial charge in [0.2, 0.25) is 5.91 Å². The molecule has 0 aromatic carbocycles. The molecule has 1 aliphatic heterocycles. The molecule has 4 nitrogen and oxygen atoms in total. The number of hydrogen-bond donors (Lipinski definition) is 1. The van der Waals surface area contributed by atoms with Gasteiger partial charge < -0.3 is 10.2 Å². The third kappa shape index (κ3) is 3.60. The minimum atomic E-state index is 0.0656. The number of carbonyl (C=O) groups excluding carboxylic acids is 2. The third-order valence-corrected chi connectivity index (χ3v) is 6.31. The zero-order chi connectivity index (χ0) is 16.4. The Hall–Kier alpha value is -1.36. The summed E-state index contributed by atoms with van der Waals surface area (Å²) in [6, 6.07) is 2.05. The maximum absolute atomic E-state index is 12.7. The minimum Gasteiger partial charge on any atom is -0.356 e. The van der Waals surface area contributed by atoms with Gasteiger partial charge in [0, 0.05) is 30.4 Å². The van der Waals surface area contributed by atoms with E-state index in [1.165, 1.54) is 10.4 Å². The average Bonchev–Trinajstić information content (AvgIpc) is 2.98. The second-order valence-corrected chi connectivity index (χ2v) is 8.00. The van der Waals surface area contributed by atoms with Crippen LogP contribution in [0.2, 0.25) is 0 Å². The minimum absolute atomic E-state index is 0.0656. The summed E-state index contributed by atoms with van der Waals surface area (Å²) in [6.07, 6.45) is 4.81. The van der Waals surface area contributed by atoms with E-state index in [4.69, 9.17) is 0 Å². The Balaban J connectivity index is 1.68. The summed E-state index contributed by atoms with van der Waals surface area (Å²) < 4.78 is 0. The molecule has 0 radical (unpaired) electrons. The lowest BCUT2D eigenvalue weighted by Gasteiger charge is -2.29. The van der Waals surface area contributed by atoms with Crippen molar-refractivity contribution in [1.29, 1.82) is 0 Å².